The Morgan fingerprint density at radius 2 is 1.95 bits per heavy atom. The van der Waals surface area contributed by atoms with Gasteiger partial charge in [0.1, 0.15) is 0 Å². The lowest BCUT2D eigenvalue weighted by Gasteiger charge is -2.21. The van der Waals surface area contributed by atoms with Crippen molar-refractivity contribution in [1.82, 2.24) is 4.90 Å². The predicted molar refractivity (Wildman–Crippen MR) is 75.2 cm³/mol. The molecule has 5 heteroatoms. The molecule has 0 atom stereocenters. The first kappa shape index (κ1) is 16.2. The molecule has 20 heavy (non-hydrogen) atoms. The van der Waals surface area contributed by atoms with Crippen LogP contribution in [0.3, 0.4) is 0 Å². The molecule has 1 aromatic rings. The minimum atomic E-state index is -0.819. The monoisotopic (exact) mass is 279 g/mol. The first-order valence-electron chi connectivity index (χ1n) is 6.75. The maximum absolute atomic E-state index is 11.6. The van der Waals surface area contributed by atoms with Gasteiger partial charge in [0.2, 0.25) is 0 Å². The van der Waals surface area contributed by atoms with Gasteiger partial charge in [0.05, 0.1) is 13.2 Å². The van der Waals surface area contributed by atoms with E-state index in [2.05, 4.69) is 0 Å². The summed E-state index contributed by atoms with van der Waals surface area (Å²) >= 11 is 0. The highest BCUT2D eigenvalue weighted by atomic mass is 16.5. The number of nitrogens with zero attached hydrogens (tertiary/aromatic N) is 1. The van der Waals surface area contributed by atoms with E-state index in [0.717, 1.165) is 5.56 Å². The Morgan fingerprint density at radius 3 is 2.55 bits per heavy atom. The van der Waals surface area contributed by atoms with Gasteiger partial charge in [0, 0.05) is 13.0 Å². The first-order chi connectivity index (χ1) is 9.61. The normalized spacial score (nSPS) is 10.5. The molecule has 5 nitrogen and oxygen atoms in total. The average Bonchev–Trinajstić information content (AvgIpc) is 2.39. The molecule has 0 radical (unpaired) electrons. The maximum atomic E-state index is 11.6. The topological polar surface area (TPSA) is 66.8 Å². The number of carboxylic acid groups (broad SMARTS) is 1. The summed E-state index contributed by atoms with van der Waals surface area (Å²) in [4.78, 5) is 24.0. The molecule has 0 bridgehead atoms. The van der Waals surface area contributed by atoms with Gasteiger partial charge >= 0.3 is 11.9 Å². The lowest BCUT2D eigenvalue weighted by molar-refractivity contribution is -0.144. The van der Waals surface area contributed by atoms with Crippen LogP contribution >= 0.6 is 0 Å². The second kappa shape index (κ2) is 9.09. The standard InChI is InChI=1S/C15H21NO4/c1-2-20-15(19)12-16(10-6-9-14(17)18)11-13-7-4-3-5-8-13/h3-5,7-8H,2,6,9-12H2,1H3,(H,17,18). The highest BCUT2D eigenvalue weighted by Crippen LogP contribution is 2.06. The van der Waals surface area contributed by atoms with Gasteiger partial charge < -0.3 is 9.84 Å². The summed E-state index contributed by atoms with van der Waals surface area (Å²) in [5, 5.41) is 8.67. The van der Waals surface area contributed by atoms with Crippen molar-refractivity contribution in [2.75, 3.05) is 19.7 Å². The number of carbonyl (C=O) groups is 2. The number of aliphatic carboxylic acids is 1. The maximum Gasteiger partial charge on any atom is 0.320 e. The number of rotatable bonds is 9. The van der Waals surface area contributed by atoms with Gasteiger partial charge in [0.15, 0.2) is 0 Å². The van der Waals surface area contributed by atoms with Crippen molar-refractivity contribution in [3.8, 4) is 0 Å². The Kier molecular flexibility index (Phi) is 7.35. The SMILES string of the molecule is CCOC(=O)CN(CCCC(=O)O)Cc1ccccc1. The summed E-state index contributed by atoms with van der Waals surface area (Å²) in [6.45, 7) is 3.47. The summed E-state index contributed by atoms with van der Waals surface area (Å²) < 4.78 is 4.94. The molecule has 0 aliphatic heterocycles. The van der Waals surface area contributed by atoms with E-state index in [9.17, 15) is 9.59 Å². The molecule has 1 N–H and O–H groups in total. The largest absolute Gasteiger partial charge is 0.481 e. The summed E-state index contributed by atoms with van der Waals surface area (Å²) in [5.74, 6) is -1.10. The van der Waals surface area contributed by atoms with Crippen LogP contribution in [0.25, 0.3) is 0 Å². The van der Waals surface area contributed by atoms with Gasteiger partial charge in [-0.15, -0.1) is 0 Å². The Balaban J connectivity index is 2.53. The van der Waals surface area contributed by atoms with Crippen LogP contribution in [0.5, 0.6) is 0 Å². The molecule has 0 saturated heterocycles. The second-order valence-electron chi connectivity index (χ2n) is 4.50. The molecule has 0 unspecified atom stereocenters. The van der Waals surface area contributed by atoms with Crippen LogP contribution in [0.1, 0.15) is 25.3 Å². The summed E-state index contributed by atoms with van der Waals surface area (Å²) in [6.07, 6.45) is 0.621. The van der Waals surface area contributed by atoms with Gasteiger partial charge in [0.25, 0.3) is 0 Å². The fraction of sp³-hybridized carbons (Fsp3) is 0.467. The molecule has 0 spiro atoms. The van der Waals surface area contributed by atoms with E-state index in [4.69, 9.17) is 9.84 Å². The molecule has 0 fully saturated rings. The number of hydrogen-bond acceptors (Lipinski definition) is 4. The van der Waals surface area contributed by atoms with Gasteiger partial charge in [-0.2, -0.15) is 0 Å². The van der Waals surface area contributed by atoms with E-state index in [1.54, 1.807) is 6.92 Å². The zero-order valence-corrected chi connectivity index (χ0v) is 11.7. The Morgan fingerprint density at radius 1 is 1.25 bits per heavy atom. The molecule has 0 aliphatic rings. The quantitative estimate of drug-likeness (QED) is 0.699. The smallest absolute Gasteiger partial charge is 0.320 e. The van der Waals surface area contributed by atoms with E-state index in [-0.39, 0.29) is 18.9 Å². The lowest BCUT2D eigenvalue weighted by atomic mass is 10.2. The molecule has 0 heterocycles. The fourth-order valence-corrected chi connectivity index (χ4v) is 1.90. The molecule has 0 aromatic heterocycles. The first-order valence-corrected chi connectivity index (χ1v) is 6.75. The van der Waals surface area contributed by atoms with E-state index >= 15 is 0 Å². The van der Waals surface area contributed by atoms with Crippen molar-refractivity contribution in [2.45, 2.75) is 26.3 Å². The van der Waals surface area contributed by atoms with Crippen molar-refractivity contribution in [3.05, 3.63) is 35.9 Å². The predicted octanol–water partition coefficient (Wildman–Crippen LogP) is 1.92. The van der Waals surface area contributed by atoms with Gasteiger partial charge in [-0.3, -0.25) is 14.5 Å². The fourth-order valence-electron chi connectivity index (χ4n) is 1.90. The van der Waals surface area contributed by atoms with Crippen LogP contribution in [0.2, 0.25) is 0 Å². The van der Waals surface area contributed by atoms with Crippen LogP contribution in [-0.2, 0) is 20.9 Å². The minimum Gasteiger partial charge on any atom is -0.481 e. The molecule has 0 saturated carbocycles. The number of esters is 1. The molecule has 1 rings (SSSR count). The van der Waals surface area contributed by atoms with Crippen molar-refractivity contribution >= 4 is 11.9 Å². The zero-order valence-electron chi connectivity index (χ0n) is 11.7. The zero-order chi connectivity index (χ0) is 14.8. The molecule has 0 amide bonds. The molecule has 110 valence electrons. The van der Waals surface area contributed by atoms with Crippen LogP contribution < -0.4 is 0 Å². The van der Waals surface area contributed by atoms with Crippen LogP contribution in [-0.4, -0.2) is 41.6 Å². The van der Waals surface area contributed by atoms with Crippen molar-refractivity contribution in [3.63, 3.8) is 0 Å². The number of benzene rings is 1. The van der Waals surface area contributed by atoms with Crippen molar-refractivity contribution in [2.24, 2.45) is 0 Å². The lowest BCUT2D eigenvalue weighted by Crippen LogP contribution is -2.31. The van der Waals surface area contributed by atoms with E-state index < -0.39 is 5.97 Å². The van der Waals surface area contributed by atoms with Crippen LogP contribution in [0.4, 0.5) is 0 Å². The Labute approximate surface area is 119 Å². The van der Waals surface area contributed by atoms with Gasteiger partial charge in [-0.25, -0.2) is 0 Å². The van der Waals surface area contributed by atoms with E-state index in [1.807, 2.05) is 35.2 Å². The molecular formula is C15H21NO4. The number of carbonyl (C=O) groups excluding carboxylic acids is 1. The minimum absolute atomic E-state index is 0.105. The molecule has 0 aliphatic carbocycles. The summed E-state index contributed by atoms with van der Waals surface area (Å²) in [5.41, 5.74) is 1.09. The average molecular weight is 279 g/mol. The van der Waals surface area contributed by atoms with Crippen LogP contribution in [0.15, 0.2) is 30.3 Å². The van der Waals surface area contributed by atoms with E-state index in [1.165, 1.54) is 0 Å². The number of carboxylic acids is 1. The van der Waals surface area contributed by atoms with E-state index in [0.29, 0.717) is 26.1 Å². The third kappa shape index (κ3) is 6.89. The Hall–Kier alpha value is -1.88. The number of hydrogen-bond donors (Lipinski definition) is 1. The third-order valence-corrected chi connectivity index (χ3v) is 2.77. The van der Waals surface area contributed by atoms with Gasteiger partial charge in [-0.1, -0.05) is 30.3 Å². The van der Waals surface area contributed by atoms with Crippen LogP contribution in [0, 0.1) is 0 Å². The third-order valence-electron chi connectivity index (χ3n) is 2.77. The van der Waals surface area contributed by atoms with Crippen molar-refractivity contribution in [1.29, 1.82) is 0 Å². The van der Waals surface area contributed by atoms with Crippen molar-refractivity contribution < 1.29 is 19.4 Å². The number of ether oxygens (including phenoxy) is 1. The Bertz CT molecular complexity index is 419. The molecular weight excluding hydrogens is 258 g/mol. The second-order valence-corrected chi connectivity index (χ2v) is 4.50. The molecule has 1 aromatic carbocycles. The van der Waals surface area contributed by atoms with Gasteiger partial charge in [-0.05, 0) is 25.5 Å². The summed E-state index contributed by atoms with van der Waals surface area (Å²) in [6, 6.07) is 9.78. The highest BCUT2D eigenvalue weighted by Gasteiger charge is 2.12. The summed E-state index contributed by atoms with van der Waals surface area (Å²) in [7, 11) is 0. The highest BCUT2D eigenvalue weighted by molar-refractivity contribution is 5.71.